The highest BCUT2D eigenvalue weighted by Crippen LogP contribution is 2.36. The zero-order valence-corrected chi connectivity index (χ0v) is 18.3. The summed E-state index contributed by atoms with van der Waals surface area (Å²) in [6.07, 6.45) is -1.37. The molecule has 0 fully saturated rings. The molecule has 0 amide bonds. The fourth-order valence-corrected chi connectivity index (χ4v) is 3.90. The summed E-state index contributed by atoms with van der Waals surface area (Å²) in [5.74, 6) is -0.841. The number of imidazole rings is 1. The quantitative estimate of drug-likeness (QED) is 0.474. The fraction of sp³-hybridized carbons (Fsp3) is 0.261. The van der Waals surface area contributed by atoms with E-state index in [1.54, 1.807) is 45.0 Å². The van der Waals surface area contributed by atoms with Gasteiger partial charge in [0.05, 0.1) is 11.6 Å². The number of nitrogens with zero attached hydrogens (tertiary/aromatic N) is 2. The van der Waals surface area contributed by atoms with E-state index in [0.29, 0.717) is 16.2 Å². The van der Waals surface area contributed by atoms with E-state index >= 15 is 0 Å². The van der Waals surface area contributed by atoms with Crippen LogP contribution in [0.3, 0.4) is 0 Å². The second-order valence-corrected chi connectivity index (χ2v) is 8.68. The van der Waals surface area contributed by atoms with E-state index in [-0.39, 0.29) is 5.82 Å². The van der Waals surface area contributed by atoms with Crippen molar-refractivity contribution in [2.24, 2.45) is 0 Å². The molecule has 9 heteroatoms. The summed E-state index contributed by atoms with van der Waals surface area (Å²) in [5.41, 5.74) is -1.44. The van der Waals surface area contributed by atoms with Gasteiger partial charge in [-0.25, -0.2) is 4.98 Å². The third kappa shape index (κ3) is 5.32. The number of hydrogen-bond acceptors (Lipinski definition) is 5. The number of hydrogen-bond donors (Lipinski definition) is 1. The highest BCUT2D eigenvalue weighted by atomic mass is 32.2. The minimum atomic E-state index is -4.38. The number of aryl methyl sites for hydroxylation is 1. The Morgan fingerprint density at radius 2 is 1.88 bits per heavy atom. The van der Waals surface area contributed by atoms with Crippen LogP contribution in [0, 0.1) is 18.3 Å². The van der Waals surface area contributed by atoms with Crippen LogP contribution in [0.1, 0.15) is 36.7 Å². The summed E-state index contributed by atoms with van der Waals surface area (Å²) in [6, 6.07) is 12.4. The van der Waals surface area contributed by atoms with Crippen LogP contribution >= 0.6 is 11.8 Å². The zero-order chi connectivity index (χ0) is 23.5. The molecule has 1 atom stereocenters. The van der Waals surface area contributed by atoms with Gasteiger partial charge in [-0.1, -0.05) is 11.8 Å². The molecule has 0 aliphatic rings. The van der Waals surface area contributed by atoms with Gasteiger partial charge in [0.1, 0.15) is 11.6 Å². The largest absolute Gasteiger partial charge is 0.480 e. The van der Waals surface area contributed by atoms with Crippen molar-refractivity contribution in [3.05, 3.63) is 71.8 Å². The van der Waals surface area contributed by atoms with Gasteiger partial charge in [0.15, 0.2) is 17.3 Å². The summed E-state index contributed by atoms with van der Waals surface area (Å²) >= 11 is 1.33. The first-order valence-corrected chi connectivity index (χ1v) is 10.4. The van der Waals surface area contributed by atoms with Crippen LogP contribution < -0.4 is 4.74 Å². The number of nitriles is 1. The standard InChI is InChI=1S/C23H20F3N3O2S/c1-14-12-15(23(24,25)26)4-9-19(14)32-17-7-5-16(6-8-17)31-22(2,3)20(30)18(13-27)21-28-10-11-29-21/h4-12,18H,1-3H3,(H,28,29). The predicted molar refractivity (Wildman–Crippen MR) is 113 cm³/mol. The molecule has 0 spiro atoms. The molecule has 0 saturated carbocycles. The van der Waals surface area contributed by atoms with Crippen molar-refractivity contribution in [3.63, 3.8) is 0 Å². The van der Waals surface area contributed by atoms with Crippen molar-refractivity contribution in [2.75, 3.05) is 0 Å². The van der Waals surface area contributed by atoms with Gasteiger partial charge in [0, 0.05) is 22.2 Å². The van der Waals surface area contributed by atoms with E-state index in [4.69, 9.17) is 4.74 Å². The number of H-pyrrole nitrogens is 1. The summed E-state index contributed by atoms with van der Waals surface area (Å²) in [7, 11) is 0. The molecule has 0 bridgehead atoms. The number of alkyl halides is 3. The van der Waals surface area contributed by atoms with Crippen molar-refractivity contribution in [3.8, 4) is 11.8 Å². The molecule has 1 unspecified atom stereocenters. The number of aromatic amines is 1. The average molecular weight is 459 g/mol. The number of rotatable bonds is 7. The van der Waals surface area contributed by atoms with Crippen LogP contribution in [-0.4, -0.2) is 21.4 Å². The first-order chi connectivity index (χ1) is 15.0. The molecule has 5 nitrogen and oxygen atoms in total. The van der Waals surface area contributed by atoms with Crippen LogP contribution in [0.5, 0.6) is 5.75 Å². The second-order valence-electron chi connectivity index (χ2n) is 7.56. The molecule has 0 radical (unpaired) electrons. The van der Waals surface area contributed by atoms with Gasteiger partial charge in [-0.2, -0.15) is 18.4 Å². The molecular formula is C23H20F3N3O2S. The second kappa shape index (κ2) is 9.09. The third-order valence-electron chi connectivity index (χ3n) is 4.70. The lowest BCUT2D eigenvalue weighted by Crippen LogP contribution is -2.41. The maximum absolute atomic E-state index is 12.9. The van der Waals surface area contributed by atoms with Crippen LogP contribution in [0.2, 0.25) is 0 Å². The van der Waals surface area contributed by atoms with Gasteiger partial charge in [-0.05, 0) is 68.8 Å². The predicted octanol–water partition coefficient (Wildman–Crippen LogP) is 5.92. The third-order valence-corrected chi connectivity index (χ3v) is 5.89. The van der Waals surface area contributed by atoms with Crippen molar-refractivity contribution in [1.29, 1.82) is 5.26 Å². The minimum absolute atomic E-state index is 0.257. The Hall–Kier alpha value is -3.25. The van der Waals surface area contributed by atoms with Crippen molar-refractivity contribution in [2.45, 2.75) is 48.3 Å². The molecule has 0 aliphatic carbocycles. The van der Waals surface area contributed by atoms with Gasteiger partial charge in [-0.15, -0.1) is 0 Å². The Balaban J connectivity index is 1.70. The van der Waals surface area contributed by atoms with E-state index in [1.807, 2.05) is 6.07 Å². The maximum atomic E-state index is 12.9. The Morgan fingerprint density at radius 1 is 1.19 bits per heavy atom. The maximum Gasteiger partial charge on any atom is 0.416 e. The van der Waals surface area contributed by atoms with Crippen molar-refractivity contribution < 1.29 is 22.7 Å². The molecule has 1 N–H and O–H groups in total. The van der Waals surface area contributed by atoms with Gasteiger partial charge in [-0.3, -0.25) is 4.79 Å². The number of carbonyl (C=O) groups is 1. The van der Waals surface area contributed by atoms with Gasteiger partial charge in [0.25, 0.3) is 0 Å². The molecule has 0 saturated heterocycles. The highest BCUT2D eigenvalue weighted by Gasteiger charge is 2.38. The van der Waals surface area contributed by atoms with E-state index in [9.17, 15) is 23.2 Å². The number of aromatic nitrogens is 2. The molecular weight excluding hydrogens is 439 g/mol. The molecule has 166 valence electrons. The lowest BCUT2D eigenvalue weighted by atomic mass is 9.91. The Labute approximate surface area is 187 Å². The number of nitrogens with one attached hydrogen (secondary N) is 1. The molecule has 1 heterocycles. The van der Waals surface area contributed by atoms with E-state index < -0.39 is 29.0 Å². The number of ether oxygens (including phenoxy) is 1. The molecule has 3 aromatic rings. The van der Waals surface area contributed by atoms with Crippen LogP contribution in [0.15, 0.2) is 64.6 Å². The van der Waals surface area contributed by atoms with Gasteiger partial charge < -0.3 is 9.72 Å². The van der Waals surface area contributed by atoms with Gasteiger partial charge in [0.2, 0.25) is 0 Å². The molecule has 0 aliphatic heterocycles. The van der Waals surface area contributed by atoms with Crippen LogP contribution in [0.25, 0.3) is 0 Å². The normalized spacial score (nSPS) is 12.8. The monoisotopic (exact) mass is 459 g/mol. The van der Waals surface area contributed by atoms with Crippen molar-refractivity contribution in [1.82, 2.24) is 9.97 Å². The first-order valence-electron chi connectivity index (χ1n) is 9.59. The number of ketones is 1. The van der Waals surface area contributed by atoms with Crippen molar-refractivity contribution >= 4 is 17.5 Å². The summed E-state index contributed by atoms with van der Waals surface area (Å²) in [4.78, 5) is 21.1. The highest BCUT2D eigenvalue weighted by molar-refractivity contribution is 7.99. The SMILES string of the molecule is Cc1cc(C(F)(F)F)ccc1Sc1ccc(OC(C)(C)C(=O)C(C#N)c2ncc[nH]2)cc1. The zero-order valence-electron chi connectivity index (χ0n) is 17.5. The number of halogens is 3. The van der Waals surface area contributed by atoms with E-state index in [2.05, 4.69) is 9.97 Å². The summed E-state index contributed by atoms with van der Waals surface area (Å²) < 4.78 is 44.4. The molecule has 3 rings (SSSR count). The van der Waals surface area contributed by atoms with E-state index in [1.165, 1.54) is 30.2 Å². The molecule has 1 aromatic heterocycles. The Morgan fingerprint density at radius 3 is 2.41 bits per heavy atom. The first kappa shape index (κ1) is 23.4. The Bertz CT molecular complexity index is 1130. The van der Waals surface area contributed by atoms with Gasteiger partial charge >= 0.3 is 6.18 Å². The number of Topliss-reactive ketones (excluding diaryl/α,β-unsaturated/α-hetero) is 1. The van der Waals surface area contributed by atoms with E-state index in [0.717, 1.165) is 17.0 Å². The summed E-state index contributed by atoms with van der Waals surface area (Å²) in [5, 5.41) is 9.41. The number of benzene rings is 2. The van der Waals surface area contributed by atoms with Crippen LogP contribution in [-0.2, 0) is 11.0 Å². The fourth-order valence-electron chi connectivity index (χ4n) is 3.01. The lowest BCUT2D eigenvalue weighted by Gasteiger charge is -2.26. The Kier molecular flexibility index (Phi) is 6.65. The molecule has 32 heavy (non-hydrogen) atoms. The topological polar surface area (TPSA) is 78.8 Å². The summed E-state index contributed by atoms with van der Waals surface area (Å²) in [6.45, 7) is 4.79. The van der Waals surface area contributed by atoms with Crippen LogP contribution in [0.4, 0.5) is 13.2 Å². The smallest absolute Gasteiger partial charge is 0.416 e. The average Bonchev–Trinajstić information content (AvgIpc) is 3.25. The molecule has 2 aromatic carbocycles. The minimum Gasteiger partial charge on any atom is -0.480 e. The number of carbonyl (C=O) groups excluding carboxylic acids is 1. The lowest BCUT2D eigenvalue weighted by molar-refractivity contribution is -0.137.